The van der Waals surface area contributed by atoms with Gasteiger partial charge in [0.15, 0.2) is 0 Å². The van der Waals surface area contributed by atoms with Crippen LogP contribution in [0, 0.1) is 20.8 Å². The SMILES string of the molecule is Cc1oc2cc3oc(=O)c(CCC(=O)N[C@@H](Cc4ccccc4)C(=O)[O-])c(C)c3cc2c1C. The third-order valence-electron chi connectivity index (χ3n) is 6.09. The van der Waals surface area contributed by atoms with Crippen LogP contribution in [0.15, 0.2) is 56.1 Å². The quantitative estimate of drug-likeness (QED) is 0.437. The van der Waals surface area contributed by atoms with E-state index in [4.69, 9.17) is 8.83 Å². The van der Waals surface area contributed by atoms with E-state index in [1.807, 2.05) is 32.9 Å². The second-order valence-electron chi connectivity index (χ2n) is 8.25. The number of furan rings is 1. The maximum atomic E-state index is 12.6. The number of carboxylic acid groups (broad SMARTS) is 1. The maximum absolute atomic E-state index is 12.6. The minimum atomic E-state index is -1.36. The van der Waals surface area contributed by atoms with E-state index >= 15 is 0 Å². The Kier molecular flexibility index (Phi) is 6.05. The molecule has 0 saturated heterocycles. The highest BCUT2D eigenvalue weighted by molar-refractivity contribution is 5.96. The first-order valence-corrected chi connectivity index (χ1v) is 10.7. The van der Waals surface area contributed by atoms with E-state index in [1.165, 1.54) is 0 Å². The summed E-state index contributed by atoms with van der Waals surface area (Å²) < 4.78 is 11.2. The number of rotatable bonds is 7. The summed E-state index contributed by atoms with van der Waals surface area (Å²) in [6, 6.07) is 11.5. The first-order valence-electron chi connectivity index (χ1n) is 10.7. The van der Waals surface area contributed by atoms with Crippen LogP contribution in [0.2, 0.25) is 0 Å². The second kappa shape index (κ2) is 8.94. The highest BCUT2D eigenvalue weighted by atomic mass is 16.4. The Morgan fingerprint density at radius 1 is 0.970 bits per heavy atom. The van der Waals surface area contributed by atoms with Crippen LogP contribution in [-0.4, -0.2) is 17.9 Å². The first-order chi connectivity index (χ1) is 15.7. The molecule has 0 bridgehead atoms. The van der Waals surface area contributed by atoms with Gasteiger partial charge in [0.05, 0.1) is 12.0 Å². The summed E-state index contributed by atoms with van der Waals surface area (Å²) in [6.45, 7) is 5.67. The number of aliphatic carboxylic acids is 1. The molecule has 4 aromatic rings. The maximum Gasteiger partial charge on any atom is 0.339 e. The fourth-order valence-corrected chi connectivity index (χ4v) is 4.06. The predicted octanol–water partition coefficient (Wildman–Crippen LogP) is 2.87. The first kappa shape index (κ1) is 22.3. The van der Waals surface area contributed by atoms with Gasteiger partial charge in [0.1, 0.15) is 16.9 Å². The van der Waals surface area contributed by atoms with Crippen molar-refractivity contribution >= 4 is 33.8 Å². The minimum absolute atomic E-state index is 0.0538. The zero-order chi connectivity index (χ0) is 23.7. The number of hydrogen-bond donors (Lipinski definition) is 1. The molecule has 0 aliphatic carbocycles. The number of aryl methyl sites for hydroxylation is 3. The molecule has 0 radical (unpaired) electrons. The van der Waals surface area contributed by atoms with Crippen molar-refractivity contribution in [1.82, 2.24) is 5.32 Å². The van der Waals surface area contributed by atoms with Crippen molar-refractivity contribution in [2.45, 2.75) is 46.1 Å². The topological polar surface area (TPSA) is 113 Å². The lowest BCUT2D eigenvalue weighted by molar-refractivity contribution is -0.308. The van der Waals surface area contributed by atoms with E-state index in [1.54, 1.807) is 30.3 Å². The molecule has 1 N–H and O–H groups in total. The summed E-state index contributed by atoms with van der Waals surface area (Å²) in [5.74, 6) is -1.03. The van der Waals surface area contributed by atoms with Crippen molar-refractivity contribution in [2.75, 3.05) is 0 Å². The molecule has 1 amide bonds. The van der Waals surface area contributed by atoms with E-state index < -0.39 is 23.5 Å². The summed E-state index contributed by atoms with van der Waals surface area (Å²) >= 11 is 0. The van der Waals surface area contributed by atoms with Crippen molar-refractivity contribution in [3.63, 3.8) is 0 Å². The van der Waals surface area contributed by atoms with Gasteiger partial charge in [-0.3, -0.25) is 4.79 Å². The van der Waals surface area contributed by atoms with Crippen LogP contribution < -0.4 is 16.0 Å². The molecule has 170 valence electrons. The van der Waals surface area contributed by atoms with Crippen LogP contribution in [0.4, 0.5) is 0 Å². The van der Waals surface area contributed by atoms with Crippen LogP contribution in [0.25, 0.3) is 21.9 Å². The summed E-state index contributed by atoms with van der Waals surface area (Å²) in [4.78, 5) is 36.6. The molecule has 2 aromatic carbocycles. The number of amides is 1. The fraction of sp³-hybridized carbons (Fsp3) is 0.269. The molecular formula is C26H24NO6-. The highest BCUT2D eigenvalue weighted by Crippen LogP contribution is 2.31. The van der Waals surface area contributed by atoms with Gasteiger partial charge in [-0.2, -0.15) is 0 Å². The average molecular weight is 446 g/mol. The molecule has 2 aromatic heterocycles. The number of benzene rings is 2. The molecule has 2 heterocycles. The van der Waals surface area contributed by atoms with Gasteiger partial charge in [0.25, 0.3) is 0 Å². The number of carboxylic acids is 1. The number of nitrogens with one attached hydrogen (secondary N) is 1. The van der Waals surface area contributed by atoms with Gasteiger partial charge in [-0.1, -0.05) is 30.3 Å². The standard InChI is InChI=1S/C26H25NO6/c1-14-16(3)32-22-13-23-20(12-19(14)22)15(2)18(26(31)33-23)9-10-24(28)27-21(25(29)30)11-17-7-5-4-6-8-17/h4-8,12-13,21H,9-11H2,1-3H3,(H,27,28)(H,29,30)/p-1/t21-/m0/s1. The fourth-order valence-electron chi connectivity index (χ4n) is 4.06. The summed E-state index contributed by atoms with van der Waals surface area (Å²) in [5, 5.41) is 15.7. The number of carbonyl (C=O) groups excluding carboxylic acids is 2. The van der Waals surface area contributed by atoms with Crippen LogP contribution in [0.5, 0.6) is 0 Å². The summed E-state index contributed by atoms with van der Waals surface area (Å²) in [6.07, 6.45) is 0.190. The Labute approximate surface area is 190 Å². The molecule has 0 aliphatic heterocycles. The molecule has 0 unspecified atom stereocenters. The van der Waals surface area contributed by atoms with Gasteiger partial charge >= 0.3 is 5.63 Å². The van der Waals surface area contributed by atoms with E-state index in [0.29, 0.717) is 16.7 Å². The Morgan fingerprint density at radius 2 is 1.64 bits per heavy atom. The largest absolute Gasteiger partial charge is 0.548 e. The number of hydrogen-bond acceptors (Lipinski definition) is 6. The molecule has 0 saturated carbocycles. The molecule has 0 aliphatic rings. The van der Waals surface area contributed by atoms with E-state index in [0.717, 1.165) is 33.2 Å². The lowest BCUT2D eigenvalue weighted by atomic mass is 10.00. The van der Waals surface area contributed by atoms with Crippen molar-refractivity contribution < 1.29 is 23.5 Å². The molecule has 4 rings (SSSR count). The zero-order valence-electron chi connectivity index (χ0n) is 18.7. The molecule has 0 spiro atoms. The Balaban J connectivity index is 1.53. The normalized spacial score (nSPS) is 12.2. The molecule has 33 heavy (non-hydrogen) atoms. The Hall–Kier alpha value is -3.87. The van der Waals surface area contributed by atoms with Crippen molar-refractivity contribution in [2.24, 2.45) is 0 Å². The van der Waals surface area contributed by atoms with Crippen LogP contribution in [-0.2, 0) is 22.4 Å². The highest BCUT2D eigenvalue weighted by Gasteiger charge is 2.18. The minimum Gasteiger partial charge on any atom is -0.548 e. The zero-order valence-corrected chi connectivity index (χ0v) is 18.7. The lowest BCUT2D eigenvalue weighted by Crippen LogP contribution is -2.49. The average Bonchev–Trinajstić information content (AvgIpc) is 3.05. The van der Waals surface area contributed by atoms with Crippen LogP contribution in [0.1, 0.15) is 34.4 Å². The third-order valence-corrected chi connectivity index (χ3v) is 6.09. The smallest absolute Gasteiger partial charge is 0.339 e. The van der Waals surface area contributed by atoms with Crippen molar-refractivity contribution in [1.29, 1.82) is 0 Å². The van der Waals surface area contributed by atoms with E-state index in [9.17, 15) is 19.5 Å². The number of fused-ring (bicyclic) bond motifs is 2. The lowest BCUT2D eigenvalue weighted by Gasteiger charge is -2.20. The summed E-state index contributed by atoms with van der Waals surface area (Å²) in [5.41, 5.74) is 3.47. The van der Waals surface area contributed by atoms with Gasteiger partial charge in [-0.15, -0.1) is 0 Å². The van der Waals surface area contributed by atoms with Crippen molar-refractivity contribution in [3.8, 4) is 0 Å². The predicted molar refractivity (Wildman–Crippen MR) is 122 cm³/mol. The summed E-state index contributed by atoms with van der Waals surface area (Å²) in [7, 11) is 0. The molecular weight excluding hydrogens is 422 g/mol. The van der Waals surface area contributed by atoms with Crippen LogP contribution >= 0.6 is 0 Å². The van der Waals surface area contributed by atoms with E-state index in [2.05, 4.69) is 5.32 Å². The van der Waals surface area contributed by atoms with Gasteiger partial charge in [0, 0.05) is 28.8 Å². The second-order valence-corrected chi connectivity index (χ2v) is 8.25. The Morgan fingerprint density at radius 3 is 2.33 bits per heavy atom. The Bertz CT molecular complexity index is 1410. The molecule has 7 heteroatoms. The molecule has 7 nitrogen and oxygen atoms in total. The van der Waals surface area contributed by atoms with Crippen molar-refractivity contribution in [3.05, 3.63) is 80.9 Å². The van der Waals surface area contributed by atoms with Gasteiger partial charge in [-0.25, -0.2) is 4.79 Å². The number of carbonyl (C=O) groups is 2. The van der Waals surface area contributed by atoms with Gasteiger partial charge in [-0.05, 0) is 56.4 Å². The molecule has 1 atom stereocenters. The van der Waals surface area contributed by atoms with Gasteiger partial charge in [0.2, 0.25) is 5.91 Å². The third kappa shape index (κ3) is 4.53. The van der Waals surface area contributed by atoms with E-state index in [-0.39, 0.29) is 19.3 Å². The van der Waals surface area contributed by atoms with Crippen LogP contribution in [0.3, 0.4) is 0 Å². The van der Waals surface area contributed by atoms with Gasteiger partial charge < -0.3 is 24.1 Å². The molecule has 0 fully saturated rings. The monoisotopic (exact) mass is 446 g/mol.